The highest BCUT2D eigenvalue weighted by molar-refractivity contribution is 14.0. The highest BCUT2D eigenvalue weighted by atomic mass is 127. The molecule has 0 amide bonds. The van der Waals surface area contributed by atoms with E-state index in [1.807, 2.05) is 30.2 Å². The minimum Gasteiger partial charge on any atom is -0.356 e. The fourth-order valence-electron chi connectivity index (χ4n) is 3.68. The summed E-state index contributed by atoms with van der Waals surface area (Å²) >= 11 is 0. The van der Waals surface area contributed by atoms with E-state index in [0.29, 0.717) is 0 Å². The molecular formula is C22H35IN6. The van der Waals surface area contributed by atoms with Crippen molar-refractivity contribution < 1.29 is 0 Å². The lowest BCUT2D eigenvalue weighted by molar-refractivity contribution is 0.277. The number of nitrogens with one attached hydrogen (secondary N) is 2. The van der Waals surface area contributed by atoms with E-state index in [9.17, 15) is 0 Å². The van der Waals surface area contributed by atoms with Crippen LogP contribution in [0.4, 0.5) is 0 Å². The van der Waals surface area contributed by atoms with Crippen LogP contribution < -0.4 is 10.6 Å². The monoisotopic (exact) mass is 510 g/mol. The summed E-state index contributed by atoms with van der Waals surface area (Å²) in [5.74, 6) is 0.846. The van der Waals surface area contributed by atoms with Gasteiger partial charge in [-0.15, -0.1) is 24.0 Å². The van der Waals surface area contributed by atoms with Crippen molar-refractivity contribution in [2.45, 2.75) is 51.7 Å². The topological polar surface area (TPSA) is 57.5 Å². The Bertz CT molecular complexity index is 708. The van der Waals surface area contributed by atoms with Crippen molar-refractivity contribution in [1.29, 1.82) is 0 Å². The zero-order valence-electron chi connectivity index (χ0n) is 17.5. The van der Waals surface area contributed by atoms with Crippen molar-refractivity contribution in [3.63, 3.8) is 0 Å². The predicted molar refractivity (Wildman–Crippen MR) is 131 cm³/mol. The number of guanidine groups is 1. The lowest BCUT2D eigenvalue weighted by Crippen LogP contribution is -2.37. The van der Waals surface area contributed by atoms with Crippen molar-refractivity contribution in [1.82, 2.24) is 25.3 Å². The molecule has 0 aliphatic carbocycles. The van der Waals surface area contributed by atoms with Gasteiger partial charge in [0.05, 0.1) is 0 Å². The molecule has 1 aromatic heterocycles. The van der Waals surface area contributed by atoms with Gasteiger partial charge >= 0.3 is 0 Å². The Morgan fingerprint density at radius 3 is 2.59 bits per heavy atom. The van der Waals surface area contributed by atoms with E-state index in [1.165, 1.54) is 49.9 Å². The standard InChI is InChI=1S/C22H34N6.HI/c1-23-22(24-11-7-15-28-16-8-12-26-28)25-18-20-9-6-10-21(17-20)19-27-13-4-2-3-5-14-27;/h6,8-10,12,16-17H,2-5,7,11,13-15,18-19H2,1H3,(H2,23,24,25);1H. The van der Waals surface area contributed by atoms with E-state index in [4.69, 9.17) is 0 Å². The quantitative estimate of drug-likeness (QED) is 0.247. The smallest absolute Gasteiger partial charge is 0.191 e. The summed E-state index contributed by atoms with van der Waals surface area (Å²) in [6.07, 6.45) is 10.3. The molecule has 0 atom stereocenters. The molecule has 1 saturated heterocycles. The average Bonchev–Trinajstić information content (AvgIpc) is 3.11. The van der Waals surface area contributed by atoms with Crippen LogP contribution in [0, 0.1) is 0 Å². The first-order valence-corrected chi connectivity index (χ1v) is 10.6. The Morgan fingerprint density at radius 1 is 1.07 bits per heavy atom. The largest absolute Gasteiger partial charge is 0.356 e. The number of likely N-dealkylation sites (tertiary alicyclic amines) is 1. The first-order chi connectivity index (χ1) is 13.8. The Balaban J connectivity index is 0.00000300. The Hall–Kier alpha value is -1.61. The Labute approximate surface area is 192 Å². The molecule has 0 bridgehead atoms. The second-order valence-electron chi connectivity index (χ2n) is 7.49. The summed E-state index contributed by atoms with van der Waals surface area (Å²) in [6.45, 7) is 6.10. The summed E-state index contributed by atoms with van der Waals surface area (Å²) in [6, 6.07) is 10.9. The Morgan fingerprint density at radius 2 is 1.86 bits per heavy atom. The Kier molecular flexibility index (Phi) is 11.1. The number of aryl methyl sites for hydroxylation is 1. The summed E-state index contributed by atoms with van der Waals surface area (Å²) in [5, 5.41) is 11.0. The summed E-state index contributed by atoms with van der Waals surface area (Å²) in [5.41, 5.74) is 2.70. The molecule has 3 rings (SSSR count). The second-order valence-corrected chi connectivity index (χ2v) is 7.49. The van der Waals surface area contributed by atoms with Gasteiger partial charge < -0.3 is 10.6 Å². The number of rotatable bonds is 8. The predicted octanol–water partition coefficient (Wildman–Crippen LogP) is 3.63. The molecular weight excluding hydrogens is 475 g/mol. The average molecular weight is 510 g/mol. The third-order valence-electron chi connectivity index (χ3n) is 5.20. The van der Waals surface area contributed by atoms with Crippen LogP contribution in [0.25, 0.3) is 0 Å². The van der Waals surface area contributed by atoms with Crippen LogP contribution >= 0.6 is 24.0 Å². The molecule has 1 fully saturated rings. The maximum Gasteiger partial charge on any atom is 0.191 e. The number of hydrogen-bond donors (Lipinski definition) is 2. The van der Waals surface area contributed by atoms with Crippen LogP contribution in [-0.4, -0.2) is 47.3 Å². The number of aromatic nitrogens is 2. The maximum atomic E-state index is 4.33. The van der Waals surface area contributed by atoms with Crippen LogP contribution in [0.1, 0.15) is 43.2 Å². The lowest BCUT2D eigenvalue weighted by atomic mass is 10.1. The van der Waals surface area contributed by atoms with Crippen LogP contribution in [0.2, 0.25) is 0 Å². The number of benzene rings is 1. The fraction of sp³-hybridized carbons (Fsp3) is 0.545. The van der Waals surface area contributed by atoms with E-state index in [2.05, 4.69) is 49.9 Å². The van der Waals surface area contributed by atoms with Crippen LogP contribution in [0.3, 0.4) is 0 Å². The molecule has 0 unspecified atom stereocenters. The first kappa shape index (κ1) is 23.7. The van der Waals surface area contributed by atoms with Crippen molar-refractivity contribution in [3.8, 4) is 0 Å². The molecule has 7 heteroatoms. The van der Waals surface area contributed by atoms with Gasteiger partial charge in [-0.2, -0.15) is 5.10 Å². The van der Waals surface area contributed by atoms with Crippen molar-refractivity contribution in [3.05, 3.63) is 53.9 Å². The molecule has 0 saturated carbocycles. The van der Waals surface area contributed by atoms with Gasteiger partial charge in [0.1, 0.15) is 0 Å². The number of aliphatic imine (C=N–C) groups is 1. The fourth-order valence-corrected chi connectivity index (χ4v) is 3.68. The molecule has 0 radical (unpaired) electrons. The number of nitrogens with zero attached hydrogens (tertiary/aromatic N) is 4. The maximum absolute atomic E-state index is 4.33. The van der Waals surface area contributed by atoms with E-state index < -0.39 is 0 Å². The van der Waals surface area contributed by atoms with Crippen LogP contribution in [0.15, 0.2) is 47.7 Å². The van der Waals surface area contributed by atoms with Gasteiger partial charge in [0.25, 0.3) is 0 Å². The van der Waals surface area contributed by atoms with Gasteiger partial charge in [-0.3, -0.25) is 14.6 Å². The highest BCUT2D eigenvalue weighted by Gasteiger charge is 2.09. The molecule has 29 heavy (non-hydrogen) atoms. The van der Waals surface area contributed by atoms with Crippen LogP contribution in [-0.2, 0) is 19.6 Å². The molecule has 1 aliphatic heterocycles. The van der Waals surface area contributed by atoms with E-state index in [1.54, 1.807) is 0 Å². The summed E-state index contributed by atoms with van der Waals surface area (Å²) in [4.78, 5) is 6.92. The molecule has 160 valence electrons. The van der Waals surface area contributed by atoms with E-state index in [-0.39, 0.29) is 24.0 Å². The first-order valence-electron chi connectivity index (χ1n) is 10.6. The normalized spacial score (nSPS) is 15.4. The molecule has 6 nitrogen and oxygen atoms in total. The number of hydrogen-bond acceptors (Lipinski definition) is 3. The third-order valence-corrected chi connectivity index (χ3v) is 5.20. The van der Waals surface area contributed by atoms with Gasteiger partial charge in [0.2, 0.25) is 0 Å². The van der Waals surface area contributed by atoms with Crippen molar-refractivity contribution >= 4 is 29.9 Å². The van der Waals surface area contributed by atoms with Crippen LogP contribution in [0.5, 0.6) is 0 Å². The third kappa shape index (κ3) is 8.74. The molecule has 1 aliphatic rings. The zero-order valence-corrected chi connectivity index (χ0v) is 19.8. The minimum atomic E-state index is 0. The molecule has 0 spiro atoms. The van der Waals surface area contributed by atoms with Gasteiger partial charge in [0, 0.05) is 45.6 Å². The van der Waals surface area contributed by atoms with E-state index in [0.717, 1.165) is 38.6 Å². The number of halogens is 1. The molecule has 2 heterocycles. The molecule has 2 aromatic rings. The van der Waals surface area contributed by atoms with E-state index >= 15 is 0 Å². The molecule has 1 aromatic carbocycles. The van der Waals surface area contributed by atoms with Crippen molar-refractivity contribution in [2.75, 3.05) is 26.7 Å². The van der Waals surface area contributed by atoms with Gasteiger partial charge in [-0.25, -0.2) is 0 Å². The molecule has 2 N–H and O–H groups in total. The van der Waals surface area contributed by atoms with Gasteiger partial charge in [-0.1, -0.05) is 37.1 Å². The van der Waals surface area contributed by atoms with Crippen molar-refractivity contribution in [2.24, 2.45) is 4.99 Å². The second kappa shape index (κ2) is 13.6. The summed E-state index contributed by atoms with van der Waals surface area (Å²) in [7, 11) is 1.82. The lowest BCUT2D eigenvalue weighted by Gasteiger charge is -2.20. The van der Waals surface area contributed by atoms with Gasteiger partial charge in [-0.05, 0) is 49.5 Å². The minimum absolute atomic E-state index is 0. The zero-order chi connectivity index (χ0) is 19.4. The highest BCUT2D eigenvalue weighted by Crippen LogP contribution is 2.14. The van der Waals surface area contributed by atoms with Gasteiger partial charge in [0.15, 0.2) is 5.96 Å². The summed E-state index contributed by atoms with van der Waals surface area (Å²) < 4.78 is 1.95. The SMILES string of the molecule is CN=C(NCCCn1cccn1)NCc1cccc(CN2CCCCCC2)c1.I.